The third-order valence-corrected chi connectivity index (χ3v) is 3.40. The van der Waals surface area contributed by atoms with Crippen molar-refractivity contribution in [1.82, 2.24) is 9.97 Å². The Balaban J connectivity index is 1.64. The maximum Gasteiger partial charge on any atom is 0.274 e. The fourth-order valence-corrected chi connectivity index (χ4v) is 2.12. The average molecular weight is 340 g/mol. The standard InChI is InChI=1S/C18H14F2N4O/c19-14-5-3-6-15(20)17(14)24-18(25)16-8-7-13(11-23-16)22-10-12-4-1-2-9-21-12/h1-9,11,22H,10H2,(H,24,25). The van der Waals surface area contributed by atoms with Crippen LogP contribution in [0.25, 0.3) is 0 Å². The quantitative estimate of drug-likeness (QED) is 0.744. The number of anilines is 2. The van der Waals surface area contributed by atoms with Crippen LogP contribution in [0.3, 0.4) is 0 Å². The first-order valence-electron chi connectivity index (χ1n) is 7.48. The molecule has 0 fully saturated rings. The number of amides is 1. The molecule has 0 saturated carbocycles. The highest BCUT2D eigenvalue weighted by Gasteiger charge is 2.14. The number of halogens is 2. The summed E-state index contributed by atoms with van der Waals surface area (Å²) >= 11 is 0. The van der Waals surface area contributed by atoms with Gasteiger partial charge in [0.15, 0.2) is 0 Å². The van der Waals surface area contributed by atoms with Gasteiger partial charge in [-0.05, 0) is 36.4 Å². The highest BCUT2D eigenvalue weighted by atomic mass is 19.1. The van der Waals surface area contributed by atoms with Gasteiger partial charge in [-0.15, -0.1) is 0 Å². The van der Waals surface area contributed by atoms with Crippen molar-refractivity contribution in [3.8, 4) is 0 Å². The normalized spacial score (nSPS) is 10.3. The second-order valence-corrected chi connectivity index (χ2v) is 5.16. The highest BCUT2D eigenvalue weighted by molar-refractivity contribution is 6.03. The van der Waals surface area contributed by atoms with E-state index in [9.17, 15) is 13.6 Å². The summed E-state index contributed by atoms with van der Waals surface area (Å²) in [5, 5.41) is 5.31. The van der Waals surface area contributed by atoms with Crippen molar-refractivity contribution in [2.24, 2.45) is 0 Å². The van der Waals surface area contributed by atoms with Crippen LogP contribution in [-0.4, -0.2) is 15.9 Å². The average Bonchev–Trinajstić information content (AvgIpc) is 2.64. The van der Waals surface area contributed by atoms with E-state index in [1.807, 2.05) is 18.2 Å². The zero-order valence-corrected chi connectivity index (χ0v) is 13.0. The molecule has 3 rings (SSSR count). The lowest BCUT2D eigenvalue weighted by Gasteiger charge is -2.08. The monoisotopic (exact) mass is 340 g/mol. The van der Waals surface area contributed by atoms with E-state index < -0.39 is 23.2 Å². The van der Waals surface area contributed by atoms with E-state index >= 15 is 0 Å². The van der Waals surface area contributed by atoms with Crippen molar-refractivity contribution in [2.45, 2.75) is 6.54 Å². The maximum absolute atomic E-state index is 13.6. The van der Waals surface area contributed by atoms with Crippen molar-refractivity contribution in [3.05, 3.63) is 83.9 Å². The molecule has 25 heavy (non-hydrogen) atoms. The lowest BCUT2D eigenvalue weighted by molar-refractivity contribution is 0.102. The summed E-state index contributed by atoms with van der Waals surface area (Å²) in [6.07, 6.45) is 3.17. The van der Waals surface area contributed by atoms with Crippen LogP contribution in [0.4, 0.5) is 20.2 Å². The first-order valence-corrected chi connectivity index (χ1v) is 7.48. The summed E-state index contributed by atoms with van der Waals surface area (Å²) in [7, 11) is 0. The van der Waals surface area contributed by atoms with Gasteiger partial charge in [0.25, 0.3) is 5.91 Å². The number of nitrogens with zero attached hydrogens (tertiary/aromatic N) is 2. The third-order valence-electron chi connectivity index (χ3n) is 3.40. The Morgan fingerprint density at radius 2 is 1.76 bits per heavy atom. The number of carbonyl (C=O) groups excluding carboxylic acids is 1. The lowest BCUT2D eigenvalue weighted by atomic mass is 10.2. The third kappa shape index (κ3) is 4.14. The van der Waals surface area contributed by atoms with Gasteiger partial charge in [0.2, 0.25) is 0 Å². The van der Waals surface area contributed by atoms with E-state index in [2.05, 4.69) is 20.6 Å². The maximum atomic E-state index is 13.6. The lowest BCUT2D eigenvalue weighted by Crippen LogP contribution is -2.16. The molecule has 0 unspecified atom stereocenters. The van der Waals surface area contributed by atoms with Crippen LogP contribution < -0.4 is 10.6 Å². The van der Waals surface area contributed by atoms with Gasteiger partial charge < -0.3 is 10.6 Å². The Kier molecular flexibility index (Phi) is 4.94. The number of benzene rings is 1. The summed E-state index contributed by atoms with van der Waals surface area (Å²) in [4.78, 5) is 20.3. The van der Waals surface area contributed by atoms with Crippen LogP contribution in [0.15, 0.2) is 60.9 Å². The molecule has 2 heterocycles. The zero-order chi connectivity index (χ0) is 17.6. The molecule has 0 atom stereocenters. The minimum Gasteiger partial charge on any atom is -0.378 e. The Morgan fingerprint density at radius 1 is 0.960 bits per heavy atom. The van der Waals surface area contributed by atoms with E-state index in [-0.39, 0.29) is 5.69 Å². The Hall–Kier alpha value is -3.35. The summed E-state index contributed by atoms with van der Waals surface area (Å²) in [5.74, 6) is -2.38. The van der Waals surface area contributed by atoms with E-state index in [0.717, 1.165) is 17.8 Å². The number of para-hydroxylation sites is 1. The van der Waals surface area contributed by atoms with E-state index in [0.29, 0.717) is 12.2 Å². The van der Waals surface area contributed by atoms with Crippen molar-refractivity contribution in [2.75, 3.05) is 10.6 Å². The number of nitrogens with one attached hydrogen (secondary N) is 2. The Labute approximate surface area is 142 Å². The van der Waals surface area contributed by atoms with E-state index in [1.165, 1.54) is 18.3 Å². The predicted octanol–water partition coefficient (Wildman–Crippen LogP) is 3.62. The minimum absolute atomic E-state index is 0.0473. The molecule has 1 aromatic carbocycles. The minimum atomic E-state index is -0.845. The van der Waals surface area contributed by atoms with Crippen LogP contribution in [-0.2, 0) is 6.54 Å². The molecule has 2 N–H and O–H groups in total. The summed E-state index contributed by atoms with van der Waals surface area (Å²) < 4.78 is 27.1. The summed E-state index contributed by atoms with van der Waals surface area (Å²) in [5.41, 5.74) is 1.11. The Morgan fingerprint density at radius 3 is 2.40 bits per heavy atom. The Bertz CT molecular complexity index is 850. The molecule has 0 aliphatic heterocycles. The molecule has 126 valence electrons. The summed E-state index contributed by atoms with van der Waals surface area (Å²) in [6.45, 7) is 0.508. The van der Waals surface area contributed by atoms with Crippen molar-refractivity contribution >= 4 is 17.3 Å². The van der Waals surface area contributed by atoms with Gasteiger partial charge in [0.1, 0.15) is 23.0 Å². The molecule has 2 aromatic heterocycles. The van der Waals surface area contributed by atoms with Crippen LogP contribution in [0.5, 0.6) is 0 Å². The van der Waals surface area contributed by atoms with Crippen molar-refractivity contribution < 1.29 is 13.6 Å². The number of pyridine rings is 2. The number of hydrogen-bond donors (Lipinski definition) is 2. The van der Waals surface area contributed by atoms with Crippen molar-refractivity contribution in [1.29, 1.82) is 0 Å². The second kappa shape index (κ2) is 7.48. The molecule has 0 aliphatic carbocycles. The molecule has 0 bridgehead atoms. The van der Waals surface area contributed by atoms with Crippen LogP contribution in [0.2, 0.25) is 0 Å². The SMILES string of the molecule is O=C(Nc1c(F)cccc1F)c1ccc(NCc2ccccn2)cn1. The van der Waals surface area contributed by atoms with Gasteiger partial charge in [0, 0.05) is 6.20 Å². The fourth-order valence-electron chi connectivity index (χ4n) is 2.12. The van der Waals surface area contributed by atoms with Gasteiger partial charge >= 0.3 is 0 Å². The first-order chi connectivity index (χ1) is 12.1. The molecule has 5 nitrogen and oxygen atoms in total. The molecule has 1 amide bonds. The van der Waals surface area contributed by atoms with Gasteiger partial charge in [-0.1, -0.05) is 12.1 Å². The van der Waals surface area contributed by atoms with Crippen LogP contribution in [0, 0.1) is 11.6 Å². The van der Waals surface area contributed by atoms with E-state index in [1.54, 1.807) is 12.3 Å². The number of aromatic nitrogens is 2. The second-order valence-electron chi connectivity index (χ2n) is 5.16. The number of carbonyl (C=O) groups is 1. The van der Waals surface area contributed by atoms with Crippen molar-refractivity contribution in [3.63, 3.8) is 0 Å². The first kappa shape index (κ1) is 16.5. The van der Waals surface area contributed by atoms with Gasteiger partial charge in [-0.3, -0.25) is 9.78 Å². The number of hydrogen-bond acceptors (Lipinski definition) is 4. The molecule has 0 spiro atoms. The largest absolute Gasteiger partial charge is 0.378 e. The zero-order valence-electron chi connectivity index (χ0n) is 13.0. The number of rotatable bonds is 5. The molecular weight excluding hydrogens is 326 g/mol. The van der Waals surface area contributed by atoms with Gasteiger partial charge in [-0.2, -0.15) is 0 Å². The van der Waals surface area contributed by atoms with Gasteiger partial charge in [0.05, 0.1) is 24.1 Å². The predicted molar refractivity (Wildman–Crippen MR) is 90.1 cm³/mol. The van der Waals surface area contributed by atoms with E-state index in [4.69, 9.17) is 0 Å². The fraction of sp³-hybridized carbons (Fsp3) is 0.0556. The van der Waals surface area contributed by atoms with Gasteiger partial charge in [-0.25, -0.2) is 13.8 Å². The van der Waals surface area contributed by atoms with Crippen LogP contribution in [0.1, 0.15) is 16.2 Å². The molecule has 7 heteroatoms. The molecule has 0 radical (unpaired) electrons. The van der Waals surface area contributed by atoms with Crippen LogP contribution >= 0.6 is 0 Å². The highest BCUT2D eigenvalue weighted by Crippen LogP contribution is 2.19. The molecule has 3 aromatic rings. The smallest absolute Gasteiger partial charge is 0.274 e. The molecule has 0 saturated heterocycles. The molecular formula is C18H14F2N4O. The summed E-state index contributed by atoms with van der Waals surface area (Å²) in [6, 6.07) is 12.1. The topological polar surface area (TPSA) is 66.9 Å². The molecule has 0 aliphatic rings.